The number of pyridine rings is 1. The zero-order valence-corrected chi connectivity index (χ0v) is 17.8. The highest BCUT2D eigenvalue weighted by atomic mass is 16.5. The van der Waals surface area contributed by atoms with Gasteiger partial charge in [0.15, 0.2) is 11.5 Å². The first-order chi connectivity index (χ1) is 15.8. The molecule has 4 aromatic rings. The lowest BCUT2D eigenvalue weighted by molar-refractivity contribution is 0.0680. The summed E-state index contributed by atoms with van der Waals surface area (Å²) < 4.78 is 11.3. The maximum Gasteiger partial charge on any atom is 0.276 e. The summed E-state index contributed by atoms with van der Waals surface area (Å²) in [5, 5.41) is 5.00. The summed E-state index contributed by atoms with van der Waals surface area (Å²) in [5.74, 6) is 1.72. The molecular weight excluding hydrogens is 402 g/mol. The van der Waals surface area contributed by atoms with Gasteiger partial charge >= 0.3 is 0 Å². The normalized spacial score (nSPS) is 14.6. The van der Waals surface area contributed by atoms with Crippen molar-refractivity contribution < 1.29 is 14.1 Å². The Morgan fingerprint density at radius 3 is 2.69 bits per heavy atom. The Labute approximate surface area is 186 Å². The zero-order chi connectivity index (χ0) is 21.8. The minimum absolute atomic E-state index is 0.0787. The molecule has 2 aromatic carbocycles. The van der Waals surface area contributed by atoms with Crippen LogP contribution in [0.15, 0.2) is 77.4 Å². The summed E-state index contributed by atoms with van der Waals surface area (Å²) in [7, 11) is 0. The van der Waals surface area contributed by atoms with Crippen LogP contribution in [0, 0.1) is 5.92 Å². The summed E-state index contributed by atoms with van der Waals surface area (Å²) in [6, 6.07) is 21.9. The third-order valence-electron chi connectivity index (χ3n) is 6.01. The second-order valence-corrected chi connectivity index (χ2v) is 8.22. The standard InChI is InChI=1S/C26H25N3O3/c30-26(29-14-11-20(12-15-29)16-19-6-2-1-3-7-19)23-17-22(32-28-23)18-31-24-10-4-8-21-9-5-13-27-25(21)24/h1-10,13,17,20H,11-12,14-16,18H2. The highest BCUT2D eigenvalue weighted by molar-refractivity contribution is 5.92. The average Bonchev–Trinajstić information content (AvgIpc) is 3.32. The van der Waals surface area contributed by atoms with E-state index < -0.39 is 0 Å². The van der Waals surface area contributed by atoms with Gasteiger partial charge in [-0.15, -0.1) is 0 Å². The predicted molar refractivity (Wildman–Crippen MR) is 121 cm³/mol. The van der Waals surface area contributed by atoms with Gasteiger partial charge in [0, 0.05) is 30.7 Å². The van der Waals surface area contributed by atoms with Crippen LogP contribution in [-0.2, 0) is 13.0 Å². The topological polar surface area (TPSA) is 68.5 Å². The molecule has 0 bridgehead atoms. The quantitative estimate of drug-likeness (QED) is 0.438. The number of para-hydroxylation sites is 1. The van der Waals surface area contributed by atoms with Crippen molar-refractivity contribution in [1.82, 2.24) is 15.0 Å². The molecule has 1 aliphatic heterocycles. The first-order valence-electron chi connectivity index (χ1n) is 11.0. The van der Waals surface area contributed by atoms with Crippen molar-refractivity contribution >= 4 is 16.8 Å². The number of hydrogen-bond acceptors (Lipinski definition) is 5. The number of nitrogens with zero attached hydrogens (tertiary/aromatic N) is 3. The molecule has 0 radical (unpaired) electrons. The lowest BCUT2D eigenvalue weighted by Crippen LogP contribution is -2.39. The molecule has 0 unspecified atom stereocenters. The average molecular weight is 428 g/mol. The van der Waals surface area contributed by atoms with Crippen LogP contribution in [0.3, 0.4) is 0 Å². The van der Waals surface area contributed by atoms with Crippen molar-refractivity contribution in [2.45, 2.75) is 25.9 Å². The molecule has 162 valence electrons. The number of aromatic nitrogens is 2. The van der Waals surface area contributed by atoms with Crippen molar-refractivity contribution in [3.63, 3.8) is 0 Å². The van der Waals surface area contributed by atoms with Crippen LogP contribution in [0.5, 0.6) is 5.75 Å². The Morgan fingerprint density at radius 2 is 1.84 bits per heavy atom. The highest BCUT2D eigenvalue weighted by Crippen LogP contribution is 2.25. The number of hydrogen-bond donors (Lipinski definition) is 0. The Balaban J connectivity index is 1.16. The number of carbonyl (C=O) groups excluding carboxylic acids is 1. The third-order valence-corrected chi connectivity index (χ3v) is 6.01. The van der Waals surface area contributed by atoms with Gasteiger partial charge in [-0.25, -0.2) is 0 Å². The molecular formula is C26H25N3O3. The highest BCUT2D eigenvalue weighted by Gasteiger charge is 2.26. The van der Waals surface area contributed by atoms with E-state index in [1.54, 1.807) is 12.3 Å². The van der Waals surface area contributed by atoms with Crippen molar-refractivity contribution in [3.05, 3.63) is 89.9 Å². The van der Waals surface area contributed by atoms with Crippen LogP contribution in [0.25, 0.3) is 10.9 Å². The second-order valence-electron chi connectivity index (χ2n) is 8.22. The molecule has 5 rings (SSSR count). The Bertz CT molecular complexity index is 1190. The molecule has 1 saturated heterocycles. The van der Waals surface area contributed by atoms with Gasteiger partial charge in [-0.05, 0) is 42.9 Å². The molecule has 0 saturated carbocycles. The zero-order valence-electron chi connectivity index (χ0n) is 17.8. The number of benzene rings is 2. The molecule has 1 aliphatic rings. The largest absolute Gasteiger partial charge is 0.483 e. The maximum atomic E-state index is 12.9. The van der Waals surface area contributed by atoms with E-state index >= 15 is 0 Å². The molecule has 1 fully saturated rings. The summed E-state index contributed by atoms with van der Waals surface area (Å²) in [5.41, 5.74) is 2.49. The van der Waals surface area contributed by atoms with Crippen molar-refractivity contribution in [2.75, 3.05) is 13.1 Å². The lowest BCUT2D eigenvalue weighted by atomic mass is 9.90. The summed E-state index contributed by atoms with van der Waals surface area (Å²) in [6.45, 7) is 1.68. The Hall–Kier alpha value is -3.67. The molecule has 32 heavy (non-hydrogen) atoms. The number of fused-ring (bicyclic) bond motifs is 1. The van der Waals surface area contributed by atoms with Crippen LogP contribution >= 0.6 is 0 Å². The fourth-order valence-electron chi connectivity index (χ4n) is 4.27. The first kappa shape index (κ1) is 20.2. The van der Waals surface area contributed by atoms with Crippen LogP contribution in [0.4, 0.5) is 0 Å². The molecule has 0 N–H and O–H groups in total. The Morgan fingerprint density at radius 1 is 1.03 bits per heavy atom. The monoisotopic (exact) mass is 427 g/mol. The second kappa shape index (κ2) is 9.22. The first-order valence-corrected chi connectivity index (χ1v) is 11.0. The van der Waals surface area contributed by atoms with Crippen LogP contribution in [-0.4, -0.2) is 34.0 Å². The van der Waals surface area contributed by atoms with E-state index in [0.717, 1.165) is 43.3 Å². The van der Waals surface area contributed by atoms with E-state index in [2.05, 4.69) is 34.4 Å². The summed E-state index contributed by atoms with van der Waals surface area (Å²) in [4.78, 5) is 19.1. The number of piperidine rings is 1. The smallest absolute Gasteiger partial charge is 0.276 e. The van der Waals surface area contributed by atoms with Gasteiger partial charge in [0.25, 0.3) is 5.91 Å². The van der Waals surface area contributed by atoms with Crippen molar-refractivity contribution in [2.24, 2.45) is 5.92 Å². The fraction of sp³-hybridized carbons (Fsp3) is 0.269. The van der Waals surface area contributed by atoms with Gasteiger partial charge in [-0.1, -0.05) is 53.7 Å². The number of ether oxygens (including phenoxy) is 1. The SMILES string of the molecule is O=C(c1cc(COc2cccc3cccnc23)on1)N1CCC(Cc2ccccc2)CC1. The van der Waals surface area contributed by atoms with Gasteiger partial charge < -0.3 is 14.2 Å². The van der Waals surface area contributed by atoms with Gasteiger partial charge in [-0.2, -0.15) is 0 Å². The van der Waals surface area contributed by atoms with Crippen LogP contribution in [0.2, 0.25) is 0 Å². The molecule has 1 amide bonds. The van der Waals surface area contributed by atoms with Crippen molar-refractivity contribution in [3.8, 4) is 5.75 Å². The number of likely N-dealkylation sites (tertiary alicyclic amines) is 1. The van der Waals surface area contributed by atoms with E-state index in [1.165, 1.54) is 5.56 Å². The number of amides is 1. The molecule has 0 atom stereocenters. The van der Waals surface area contributed by atoms with Gasteiger partial charge in [-0.3, -0.25) is 9.78 Å². The third kappa shape index (κ3) is 4.49. The van der Waals surface area contributed by atoms with E-state index in [0.29, 0.717) is 23.1 Å². The van der Waals surface area contributed by atoms with E-state index in [-0.39, 0.29) is 12.5 Å². The molecule has 6 heteroatoms. The van der Waals surface area contributed by atoms with Crippen LogP contribution in [0.1, 0.15) is 34.7 Å². The summed E-state index contributed by atoms with van der Waals surface area (Å²) >= 11 is 0. The van der Waals surface area contributed by atoms with E-state index in [9.17, 15) is 4.79 Å². The Kier molecular flexibility index (Phi) is 5.83. The predicted octanol–water partition coefficient (Wildman–Crippen LogP) is 4.90. The molecule has 6 nitrogen and oxygen atoms in total. The van der Waals surface area contributed by atoms with Gasteiger partial charge in [0.05, 0.1) is 0 Å². The number of rotatable bonds is 6. The molecule has 2 aromatic heterocycles. The fourth-order valence-corrected chi connectivity index (χ4v) is 4.27. The van der Waals surface area contributed by atoms with E-state index in [1.807, 2.05) is 41.3 Å². The minimum Gasteiger partial charge on any atom is -0.483 e. The van der Waals surface area contributed by atoms with Gasteiger partial charge in [0.1, 0.15) is 17.9 Å². The molecule has 0 aliphatic carbocycles. The van der Waals surface area contributed by atoms with Crippen LogP contribution < -0.4 is 4.74 Å². The minimum atomic E-state index is -0.0787. The molecule has 3 heterocycles. The van der Waals surface area contributed by atoms with Crippen molar-refractivity contribution in [1.29, 1.82) is 0 Å². The lowest BCUT2D eigenvalue weighted by Gasteiger charge is -2.31. The number of carbonyl (C=O) groups is 1. The maximum absolute atomic E-state index is 12.9. The summed E-state index contributed by atoms with van der Waals surface area (Å²) in [6.07, 6.45) is 4.81. The molecule has 0 spiro atoms. The van der Waals surface area contributed by atoms with Gasteiger partial charge in [0.2, 0.25) is 0 Å². The van der Waals surface area contributed by atoms with E-state index in [4.69, 9.17) is 9.26 Å².